The third-order valence-electron chi connectivity index (χ3n) is 3.65. The zero-order chi connectivity index (χ0) is 14.1. The molecule has 110 valence electrons. The van der Waals surface area contributed by atoms with Crippen LogP contribution in [0.15, 0.2) is 0 Å². The van der Waals surface area contributed by atoms with Gasteiger partial charge in [-0.25, -0.2) is 0 Å². The van der Waals surface area contributed by atoms with Crippen molar-refractivity contribution in [3.05, 3.63) is 0 Å². The predicted octanol–water partition coefficient (Wildman–Crippen LogP) is 0.893. The molecular weight excluding hydrogens is 242 g/mol. The maximum atomic E-state index is 11.5. The van der Waals surface area contributed by atoms with Gasteiger partial charge in [0.15, 0.2) is 0 Å². The van der Waals surface area contributed by atoms with Gasteiger partial charge in [-0.1, -0.05) is 25.7 Å². The molecule has 19 heavy (non-hydrogen) atoms. The first-order valence-electron chi connectivity index (χ1n) is 7.31. The Hall–Kier alpha value is -1.10. The van der Waals surface area contributed by atoms with Crippen LogP contribution in [0.4, 0.5) is 0 Å². The van der Waals surface area contributed by atoms with Crippen LogP contribution in [-0.2, 0) is 9.59 Å². The Morgan fingerprint density at radius 1 is 1.11 bits per heavy atom. The van der Waals surface area contributed by atoms with Gasteiger partial charge in [-0.15, -0.1) is 0 Å². The molecule has 1 saturated carbocycles. The average Bonchev–Trinajstić information content (AvgIpc) is 2.63. The van der Waals surface area contributed by atoms with E-state index < -0.39 is 0 Å². The van der Waals surface area contributed by atoms with Crippen LogP contribution in [0.5, 0.6) is 0 Å². The number of carbonyl (C=O) groups is 2. The second-order valence-corrected chi connectivity index (χ2v) is 5.37. The van der Waals surface area contributed by atoms with Crippen LogP contribution in [0.2, 0.25) is 0 Å². The Bertz CT molecular complexity index is 286. The molecule has 0 aromatic carbocycles. The van der Waals surface area contributed by atoms with E-state index in [0.29, 0.717) is 12.6 Å². The summed E-state index contributed by atoms with van der Waals surface area (Å²) in [6, 6.07) is 0.610. The molecule has 0 heterocycles. The molecule has 0 spiro atoms. The fourth-order valence-electron chi connectivity index (χ4n) is 2.34. The van der Waals surface area contributed by atoms with Gasteiger partial charge < -0.3 is 15.5 Å². The van der Waals surface area contributed by atoms with E-state index in [-0.39, 0.29) is 18.4 Å². The molecule has 0 saturated heterocycles. The summed E-state index contributed by atoms with van der Waals surface area (Å²) in [4.78, 5) is 23.9. The highest BCUT2D eigenvalue weighted by atomic mass is 16.2. The van der Waals surface area contributed by atoms with Crippen molar-refractivity contribution >= 4 is 11.8 Å². The zero-order valence-electron chi connectivity index (χ0n) is 12.2. The number of nitrogens with zero attached hydrogens (tertiary/aromatic N) is 1. The maximum Gasteiger partial charge on any atom is 0.239 e. The molecule has 5 nitrogen and oxygen atoms in total. The summed E-state index contributed by atoms with van der Waals surface area (Å²) in [7, 11) is 1.63. The zero-order valence-corrected chi connectivity index (χ0v) is 12.2. The van der Waals surface area contributed by atoms with E-state index in [9.17, 15) is 9.59 Å². The summed E-state index contributed by atoms with van der Waals surface area (Å²) >= 11 is 0. The predicted molar refractivity (Wildman–Crippen MR) is 75.8 cm³/mol. The highest BCUT2D eigenvalue weighted by molar-refractivity contribution is 5.83. The van der Waals surface area contributed by atoms with Gasteiger partial charge in [0, 0.05) is 33.1 Å². The van der Waals surface area contributed by atoms with Gasteiger partial charge in [-0.3, -0.25) is 9.59 Å². The number of likely N-dealkylation sites (N-methyl/N-ethyl adjacent to an activating group) is 1. The van der Waals surface area contributed by atoms with Crippen LogP contribution >= 0.6 is 0 Å². The Morgan fingerprint density at radius 3 is 2.32 bits per heavy atom. The highest BCUT2D eigenvalue weighted by Gasteiger charge is 2.11. The number of carbonyl (C=O) groups excluding carboxylic acids is 2. The van der Waals surface area contributed by atoms with Gasteiger partial charge in [0.1, 0.15) is 0 Å². The van der Waals surface area contributed by atoms with E-state index in [1.807, 2.05) is 0 Å². The Kier molecular flexibility index (Phi) is 7.48. The second-order valence-electron chi connectivity index (χ2n) is 5.37. The first-order valence-corrected chi connectivity index (χ1v) is 7.31. The second kappa shape index (κ2) is 8.91. The molecule has 0 aliphatic heterocycles. The van der Waals surface area contributed by atoms with Crippen LogP contribution < -0.4 is 10.6 Å². The van der Waals surface area contributed by atoms with Crippen molar-refractivity contribution in [3.8, 4) is 0 Å². The monoisotopic (exact) mass is 269 g/mol. The molecule has 0 bridgehead atoms. The van der Waals surface area contributed by atoms with Gasteiger partial charge in [0.2, 0.25) is 11.8 Å². The summed E-state index contributed by atoms with van der Waals surface area (Å²) < 4.78 is 0. The van der Waals surface area contributed by atoms with Gasteiger partial charge in [0.05, 0.1) is 6.54 Å². The molecule has 1 rings (SSSR count). The molecule has 2 N–H and O–H groups in total. The van der Waals surface area contributed by atoms with E-state index >= 15 is 0 Å². The van der Waals surface area contributed by atoms with Gasteiger partial charge >= 0.3 is 0 Å². The number of hydrogen-bond acceptors (Lipinski definition) is 3. The summed E-state index contributed by atoms with van der Waals surface area (Å²) in [5.41, 5.74) is 0. The molecule has 0 aromatic heterocycles. The third kappa shape index (κ3) is 7.15. The fourth-order valence-corrected chi connectivity index (χ4v) is 2.34. The van der Waals surface area contributed by atoms with Crippen LogP contribution in [-0.4, -0.2) is 49.4 Å². The standard InChI is InChI=1S/C14H27N3O2/c1-12(18)17(2)11-14(19)16-10-9-15-13-7-5-3-4-6-8-13/h13,15H,3-11H2,1-2H3,(H,16,19). The molecule has 5 heteroatoms. The summed E-state index contributed by atoms with van der Waals surface area (Å²) in [6.07, 6.45) is 7.83. The third-order valence-corrected chi connectivity index (χ3v) is 3.65. The molecule has 1 fully saturated rings. The average molecular weight is 269 g/mol. The van der Waals surface area contributed by atoms with E-state index in [1.54, 1.807) is 7.05 Å². The van der Waals surface area contributed by atoms with E-state index in [0.717, 1.165) is 6.54 Å². The Balaban J connectivity index is 2.06. The smallest absolute Gasteiger partial charge is 0.239 e. The quantitative estimate of drug-likeness (QED) is 0.556. The summed E-state index contributed by atoms with van der Waals surface area (Å²) in [6.45, 7) is 3.03. The molecular formula is C14H27N3O2. The fraction of sp³-hybridized carbons (Fsp3) is 0.857. The van der Waals surface area contributed by atoms with E-state index in [4.69, 9.17) is 0 Å². The molecule has 0 aromatic rings. The van der Waals surface area contributed by atoms with Crippen molar-refractivity contribution in [1.29, 1.82) is 0 Å². The number of rotatable bonds is 6. The number of nitrogens with one attached hydrogen (secondary N) is 2. The van der Waals surface area contributed by atoms with Gasteiger partial charge in [-0.05, 0) is 12.8 Å². The lowest BCUT2D eigenvalue weighted by molar-refractivity contribution is -0.133. The summed E-state index contributed by atoms with van der Waals surface area (Å²) in [5, 5.41) is 6.33. The van der Waals surface area contributed by atoms with Gasteiger partial charge in [-0.2, -0.15) is 0 Å². The van der Waals surface area contributed by atoms with Crippen molar-refractivity contribution in [2.24, 2.45) is 0 Å². The number of amides is 2. The largest absolute Gasteiger partial charge is 0.353 e. The highest BCUT2D eigenvalue weighted by Crippen LogP contribution is 2.16. The van der Waals surface area contributed by atoms with Crippen molar-refractivity contribution in [3.63, 3.8) is 0 Å². The SMILES string of the molecule is CC(=O)N(C)CC(=O)NCCNC1CCCCCC1. The van der Waals surface area contributed by atoms with Crippen LogP contribution in [0.1, 0.15) is 45.4 Å². The Labute approximate surface area is 116 Å². The molecule has 2 amide bonds. The van der Waals surface area contributed by atoms with Crippen molar-refractivity contribution in [2.45, 2.75) is 51.5 Å². The van der Waals surface area contributed by atoms with Crippen LogP contribution in [0.25, 0.3) is 0 Å². The molecule has 0 unspecified atom stereocenters. The first-order chi connectivity index (χ1) is 9.09. The lowest BCUT2D eigenvalue weighted by Crippen LogP contribution is -2.41. The topological polar surface area (TPSA) is 61.4 Å². The first kappa shape index (κ1) is 16.0. The molecule has 1 aliphatic carbocycles. The lowest BCUT2D eigenvalue weighted by Gasteiger charge is -2.17. The lowest BCUT2D eigenvalue weighted by atomic mass is 10.1. The van der Waals surface area contributed by atoms with Crippen LogP contribution in [0, 0.1) is 0 Å². The van der Waals surface area contributed by atoms with Crippen molar-refractivity contribution in [1.82, 2.24) is 15.5 Å². The maximum absolute atomic E-state index is 11.5. The van der Waals surface area contributed by atoms with Crippen LogP contribution in [0.3, 0.4) is 0 Å². The minimum Gasteiger partial charge on any atom is -0.353 e. The summed E-state index contributed by atoms with van der Waals surface area (Å²) in [5.74, 6) is -0.188. The molecule has 1 aliphatic rings. The van der Waals surface area contributed by atoms with Gasteiger partial charge in [0.25, 0.3) is 0 Å². The van der Waals surface area contributed by atoms with Crippen molar-refractivity contribution < 1.29 is 9.59 Å². The molecule has 0 radical (unpaired) electrons. The van der Waals surface area contributed by atoms with E-state index in [1.165, 1.54) is 50.3 Å². The molecule has 0 atom stereocenters. The minimum atomic E-state index is -0.0969. The Morgan fingerprint density at radius 2 is 1.74 bits per heavy atom. The minimum absolute atomic E-state index is 0.0910. The van der Waals surface area contributed by atoms with Crippen molar-refractivity contribution in [2.75, 3.05) is 26.7 Å². The van der Waals surface area contributed by atoms with E-state index in [2.05, 4.69) is 10.6 Å². The number of hydrogen-bond donors (Lipinski definition) is 2. The normalized spacial score (nSPS) is 16.7.